The zero-order valence-electron chi connectivity index (χ0n) is 10.2. The van der Waals surface area contributed by atoms with Crippen LogP contribution in [0.4, 0.5) is 5.82 Å². The molecule has 0 fully saturated rings. The van der Waals surface area contributed by atoms with Gasteiger partial charge in [-0.05, 0) is 47.1 Å². The molecule has 2 heterocycles. The van der Waals surface area contributed by atoms with E-state index in [4.69, 9.17) is 17.3 Å². The summed E-state index contributed by atoms with van der Waals surface area (Å²) in [6.45, 7) is 2.00. The van der Waals surface area contributed by atoms with Crippen LogP contribution in [0, 0.1) is 6.92 Å². The first-order valence-corrected chi connectivity index (χ1v) is 6.94. The first kappa shape index (κ1) is 12.5. The van der Waals surface area contributed by atoms with Crippen molar-refractivity contribution in [3.8, 4) is 11.3 Å². The van der Waals surface area contributed by atoms with Crippen LogP contribution in [0.3, 0.4) is 0 Å². The topological polar surface area (TPSA) is 43.3 Å². The molecule has 5 heteroatoms. The average molecular weight is 337 g/mol. The molecule has 0 unspecified atom stereocenters. The van der Waals surface area contributed by atoms with Gasteiger partial charge in [-0.3, -0.25) is 4.40 Å². The summed E-state index contributed by atoms with van der Waals surface area (Å²) in [7, 11) is 0. The molecular formula is C14H11BrClN3. The van der Waals surface area contributed by atoms with E-state index >= 15 is 0 Å². The normalized spacial score (nSPS) is 11.1. The Bertz CT molecular complexity index is 780. The molecule has 0 spiro atoms. The SMILES string of the molecule is Cc1c(Br)ccc2nc(-c3cccc(Cl)c3)c(N)n12. The second kappa shape index (κ2) is 4.54. The molecule has 0 radical (unpaired) electrons. The summed E-state index contributed by atoms with van der Waals surface area (Å²) in [5.41, 5.74) is 9.75. The largest absolute Gasteiger partial charge is 0.383 e. The number of aryl methyl sites for hydroxylation is 1. The molecule has 2 aromatic heterocycles. The predicted molar refractivity (Wildman–Crippen MR) is 82.5 cm³/mol. The van der Waals surface area contributed by atoms with Gasteiger partial charge in [0.05, 0.1) is 0 Å². The van der Waals surface area contributed by atoms with Crippen molar-refractivity contribution >= 4 is 39.0 Å². The maximum atomic E-state index is 6.23. The lowest BCUT2D eigenvalue weighted by Crippen LogP contribution is -1.98. The van der Waals surface area contributed by atoms with Crippen LogP contribution in [-0.4, -0.2) is 9.38 Å². The van der Waals surface area contributed by atoms with E-state index < -0.39 is 0 Å². The summed E-state index contributed by atoms with van der Waals surface area (Å²) < 4.78 is 2.93. The van der Waals surface area contributed by atoms with Crippen molar-refractivity contribution in [2.24, 2.45) is 0 Å². The van der Waals surface area contributed by atoms with Crippen molar-refractivity contribution in [3.05, 3.63) is 51.6 Å². The molecule has 0 aliphatic rings. The summed E-state index contributed by atoms with van der Waals surface area (Å²) >= 11 is 9.52. The van der Waals surface area contributed by atoms with E-state index in [0.717, 1.165) is 27.1 Å². The van der Waals surface area contributed by atoms with Crippen molar-refractivity contribution in [3.63, 3.8) is 0 Å². The standard InChI is InChI=1S/C14H11BrClN3/c1-8-11(15)5-6-12-18-13(14(17)19(8)12)9-3-2-4-10(16)7-9/h2-7H,17H2,1H3. The van der Waals surface area contributed by atoms with Gasteiger partial charge < -0.3 is 5.73 Å². The monoisotopic (exact) mass is 335 g/mol. The molecule has 0 saturated carbocycles. The number of benzene rings is 1. The Morgan fingerprint density at radius 3 is 2.79 bits per heavy atom. The fraction of sp³-hybridized carbons (Fsp3) is 0.0714. The van der Waals surface area contributed by atoms with Gasteiger partial charge in [0.25, 0.3) is 0 Å². The van der Waals surface area contributed by atoms with Gasteiger partial charge in [0, 0.05) is 20.8 Å². The molecule has 1 aromatic carbocycles. The van der Waals surface area contributed by atoms with Crippen LogP contribution < -0.4 is 5.73 Å². The third-order valence-corrected chi connectivity index (χ3v) is 4.17. The van der Waals surface area contributed by atoms with E-state index in [-0.39, 0.29) is 0 Å². The number of pyridine rings is 1. The average Bonchev–Trinajstić information content (AvgIpc) is 2.72. The highest BCUT2D eigenvalue weighted by molar-refractivity contribution is 9.10. The van der Waals surface area contributed by atoms with Crippen molar-refractivity contribution in [2.45, 2.75) is 6.92 Å². The Labute approximate surface area is 124 Å². The van der Waals surface area contributed by atoms with Gasteiger partial charge in [0.1, 0.15) is 17.2 Å². The van der Waals surface area contributed by atoms with Gasteiger partial charge in [-0.25, -0.2) is 4.98 Å². The van der Waals surface area contributed by atoms with Crippen molar-refractivity contribution in [2.75, 3.05) is 5.73 Å². The second-order valence-electron chi connectivity index (χ2n) is 4.32. The Hall–Kier alpha value is -1.52. The number of halogens is 2. The Kier molecular flexibility index (Phi) is 2.99. The number of nitrogens with two attached hydrogens (primary N) is 1. The van der Waals surface area contributed by atoms with Crippen molar-refractivity contribution in [1.29, 1.82) is 0 Å². The molecular weight excluding hydrogens is 326 g/mol. The lowest BCUT2D eigenvalue weighted by molar-refractivity contribution is 1.09. The molecule has 0 amide bonds. The minimum absolute atomic E-state index is 0.621. The number of hydrogen-bond acceptors (Lipinski definition) is 2. The Balaban J connectivity index is 2.32. The molecule has 96 valence electrons. The highest BCUT2D eigenvalue weighted by Gasteiger charge is 2.13. The van der Waals surface area contributed by atoms with Gasteiger partial charge >= 0.3 is 0 Å². The third-order valence-electron chi connectivity index (χ3n) is 3.10. The summed E-state index contributed by atoms with van der Waals surface area (Å²) in [6, 6.07) is 11.4. The minimum Gasteiger partial charge on any atom is -0.383 e. The number of anilines is 1. The van der Waals surface area contributed by atoms with Crippen LogP contribution in [0.2, 0.25) is 5.02 Å². The third kappa shape index (κ3) is 2.01. The first-order chi connectivity index (χ1) is 9.08. The molecule has 3 nitrogen and oxygen atoms in total. The molecule has 0 atom stereocenters. The smallest absolute Gasteiger partial charge is 0.139 e. The van der Waals surface area contributed by atoms with E-state index in [0.29, 0.717) is 10.8 Å². The molecule has 2 N–H and O–H groups in total. The maximum Gasteiger partial charge on any atom is 0.139 e. The van der Waals surface area contributed by atoms with E-state index in [2.05, 4.69) is 20.9 Å². The van der Waals surface area contributed by atoms with Gasteiger partial charge in [0.15, 0.2) is 0 Å². The number of fused-ring (bicyclic) bond motifs is 1. The molecule has 0 bridgehead atoms. The number of imidazole rings is 1. The quantitative estimate of drug-likeness (QED) is 0.719. The number of aromatic nitrogens is 2. The molecule has 3 aromatic rings. The second-order valence-corrected chi connectivity index (χ2v) is 5.61. The van der Waals surface area contributed by atoms with E-state index in [9.17, 15) is 0 Å². The minimum atomic E-state index is 0.621. The van der Waals surface area contributed by atoms with Crippen molar-refractivity contribution in [1.82, 2.24) is 9.38 Å². The molecule has 0 saturated heterocycles. The number of hydrogen-bond donors (Lipinski definition) is 1. The fourth-order valence-electron chi connectivity index (χ4n) is 2.14. The predicted octanol–water partition coefficient (Wildman–Crippen LogP) is 4.31. The molecule has 19 heavy (non-hydrogen) atoms. The number of rotatable bonds is 1. The van der Waals surface area contributed by atoms with Crippen LogP contribution in [0.5, 0.6) is 0 Å². The lowest BCUT2D eigenvalue weighted by Gasteiger charge is -2.04. The fourth-order valence-corrected chi connectivity index (χ4v) is 2.64. The van der Waals surface area contributed by atoms with Gasteiger partial charge in [-0.15, -0.1) is 0 Å². The van der Waals surface area contributed by atoms with E-state index in [1.807, 2.05) is 47.7 Å². The number of nitrogen functional groups attached to an aromatic ring is 1. The maximum absolute atomic E-state index is 6.23. The van der Waals surface area contributed by atoms with Crippen LogP contribution in [0.1, 0.15) is 5.69 Å². The molecule has 0 aliphatic carbocycles. The number of nitrogens with zero attached hydrogens (tertiary/aromatic N) is 2. The van der Waals surface area contributed by atoms with Gasteiger partial charge in [0.2, 0.25) is 0 Å². The zero-order valence-corrected chi connectivity index (χ0v) is 12.5. The highest BCUT2D eigenvalue weighted by atomic mass is 79.9. The summed E-state index contributed by atoms with van der Waals surface area (Å²) in [4.78, 5) is 4.58. The summed E-state index contributed by atoms with van der Waals surface area (Å²) in [5, 5.41) is 0.673. The van der Waals surface area contributed by atoms with Crippen LogP contribution in [-0.2, 0) is 0 Å². The zero-order chi connectivity index (χ0) is 13.6. The van der Waals surface area contributed by atoms with Gasteiger partial charge in [-0.2, -0.15) is 0 Å². The Morgan fingerprint density at radius 1 is 1.26 bits per heavy atom. The summed E-state index contributed by atoms with van der Waals surface area (Å²) in [5.74, 6) is 0.621. The van der Waals surface area contributed by atoms with E-state index in [1.54, 1.807) is 0 Å². The van der Waals surface area contributed by atoms with Gasteiger partial charge in [-0.1, -0.05) is 23.7 Å². The lowest BCUT2D eigenvalue weighted by atomic mass is 10.1. The first-order valence-electron chi connectivity index (χ1n) is 5.77. The van der Waals surface area contributed by atoms with Crippen LogP contribution in [0.15, 0.2) is 40.9 Å². The molecule has 0 aliphatic heterocycles. The van der Waals surface area contributed by atoms with Crippen LogP contribution in [0.25, 0.3) is 16.9 Å². The van der Waals surface area contributed by atoms with Crippen LogP contribution >= 0.6 is 27.5 Å². The van der Waals surface area contributed by atoms with E-state index in [1.165, 1.54) is 0 Å². The van der Waals surface area contributed by atoms with Crippen molar-refractivity contribution < 1.29 is 0 Å². The molecule has 3 rings (SSSR count). The highest BCUT2D eigenvalue weighted by Crippen LogP contribution is 2.30. The summed E-state index contributed by atoms with van der Waals surface area (Å²) in [6.07, 6.45) is 0. The Morgan fingerprint density at radius 2 is 2.05 bits per heavy atom.